The highest BCUT2D eigenvalue weighted by Gasteiger charge is 2.38. The molecule has 2 saturated carbocycles. The van der Waals surface area contributed by atoms with E-state index in [2.05, 4.69) is 5.32 Å². The van der Waals surface area contributed by atoms with Crippen LogP contribution in [0.1, 0.15) is 48.0 Å². The van der Waals surface area contributed by atoms with Gasteiger partial charge in [-0.25, -0.2) is 4.79 Å². The largest absolute Gasteiger partial charge is 0.478 e. The predicted octanol–water partition coefficient (Wildman–Crippen LogP) is 2.87. The van der Waals surface area contributed by atoms with E-state index in [1.807, 2.05) is 0 Å². The van der Waals surface area contributed by atoms with E-state index in [0.717, 1.165) is 36.3 Å². The van der Waals surface area contributed by atoms with Gasteiger partial charge in [0.25, 0.3) is 0 Å². The molecule has 0 aliphatic heterocycles. The first-order valence-corrected chi connectivity index (χ1v) is 8.20. The van der Waals surface area contributed by atoms with E-state index in [0.29, 0.717) is 6.42 Å². The average molecular weight is 301 g/mol. The second-order valence-corrected chi connectivity index (χ2v) is 6.75. The average Bonchev–Trinajstić information content (AvgIpc) is 3.10. The van der Waals surface area contributed by atoms with Gasteiger partial charge in [-0.15, -0.1) is 0 Å². The Morgan fingerprint density at radius 3 is 2.50 bits per heavy atom. The number of amides is 1. The van der Waals surface area contributed by atoms with Crippen molar-refractivity contribution in [1.82, 2.24) is 5.32 Å². The van der Waals surface area contributed by atoms with Crippen LogP contribution < -0.4 is 5.32 Å². The van der Waals surface area contributed by atoms with Gasteiger partial charge in [0.1, 0.15) is 0 Å². The number of aromatic carboxylic acids is 1. The topological polar surface area (TPSA) is 66.4 Å². The lowest BCUT2D eigenvalue weighted by atomic mass is 9.86. The Morgan fingerprint density at radius 1 is 1.14 bits per heavy atom. The highest BCUT2D eigenvalue weighted by atomic mass is 16.4. The van der Waals surface area contributed by atoms with Crippen LogP contribution >= 0.6 is 0 Å². The van der Waals surface area contributed by atoms with Gasteiger partial charge < -0.3 is 10.4 Å². The van der Waals surface area contributed by atoms with Gasteiger partial charge in [-0.1, -0.05) is 18.6 Å². The van der Waals surface area contributed by atoms with Crippen LogP contribution in [0.5, 0.6) is 0 Å². The van der Waals surface area contributed by atoms with Gasteiger partial charge in [0.2, 0.25) is 5.91 Å². The summed E-state index contributed by atoms with van der Waals surface area (Å²) in [5.41, 5.74) is 1.10. The maximum Gasteiger partial charge on any atom is 0.335 e. The minimum absolute atomic E-state index is 0.0197. The molecule has 4 nitrogen and oxygen atoms in total. The monoisotopic (exact) mass is 301 g/mol. The molecular formula is C18H23NO3. The van der Waals surface area contributed by atoms with Gasteiger partial charge >= 0.3 is 5.97 Å². The Balaban J connectivity index is 1.40. The Morgan fingerprint density at radius 2 is 1.91 bits per heavy atom. The lowest BCUT2D eigenvalue weighted by Crippen LogP contribution is -2.28. The molecule has 2 N–H and O–H groups in total. The summed E-state index contributed by atoms with van der Waals surface area (Å²) in [7, 11) is 0. The van der Waals surface area contributed by atoms with E-state index in [9.17, 15) is 9.59 Å². The Hall–Kier alpha value is -1.84. The van der Waals surface area contributed by atoms with Crippen molar-refractivity contribution in [3.8, 4) is 0 Å². The second-order valence-electron chi connectivity index (χ2n) is 6.75. The molecule has 3 unspecified atom stereocenters. The van der Waals surface area contributed by atoms with Crippen LogP contribution in [-0.2, 0) is 11.2 Å². The minimum atomic E-state index is -0.943. The quantitative estimate of drug-likeness (QED) is 0.849. The lowest BCUT2D eigenvalue weighted by Gasteiger charge is -2.21. The van der Waals surface area contributed by atoms with Crippen molar-refractivity contribution in [2.24, 2.45) is 17.8 Å². The number of fused-ring (bicyclic) bond motifs is 2. The van der Waals surface area contributed by atoms with Crippen LogP contribution in [0, 0.1) is 17.8 Å². The van der Waals surface area contributed by atoms with Gasteiger partial charge in [-0.2, -0.15) is 0 Å². The molecule has 0 saturated heterocycles. The van der Waals surface area contributed by atoms with Crippen LogP contribution in [0.2, 0.25) is 0 Å². The van der Waals surface area contributed by atoms with Crippen molar-refractivity contribution in [3.63, 3.8) is 0 Å². The van der Waals surface area contributed by atoms with E-state index in [1.165, 1.54) is 25.7 Å². The summed E-state index contributed by atoms with van der Waals surface area (Å²) in [5.74, 6) is 1.76. The van der Waals surface area contributed by atoms with Crippen molar-refractivity contribution < 1.29 is 14.7 Å². The number of nitrogens with one attached hydrogen (secondary N) is 1. The summed E-state index contributed by atoms with van der Waals surface area (Å²) in [5, 5.41) is 11.8. The van der Waals surface area contributed by atoms with Crippen molar-refractivity contribution in [2.75, 3.05) is 6.54 Å². The van der Waals surface area contributed by atoms with Crippen LogP contribution in [-0.4, -0.2) is 23.5 Å². The summed E-state index contributed by atoms with van der Waals surface area (Å²) in [6.07, 6.45) is 6.99. The van der Waals surface area contributed by atoms with Crippen LogP contribution in [0.15, 0.2) is 24.3 Å². The maximum atomic E-state index is 11.9. The Labute approximate surface area is 130 Å². The number of carbonyl (C=O) groups is 2. The minimum Gasteiger partial charge on any atom is -0.478 e. The van der Waals surface area contributed by atoms with E-state index in [-0.39, 0.29) is 11.5 Å². The van der Waals surface area contributed by atoms with E-state index >= 15 is 0 Å². The molecule has 1 aromatic carbocycles. The zero-order chi connectivity index (χ0) is 15.5. The van der Waals surface area contributed by atoms with E-state index in [4.69, 9.17) is 5.11 Å². The maximum absolute atomic E-state index is 11.9. The molecule has 2 bridgehead atoms. The van der Waals surface area contributed by atoms with E-state index < -0.39 is 5.97 Å². The summed E-state index contributed by atoms with van der Waals surface area (Å²) < 4.78 is 0. The highest BCUT2D eigenvalue weighted by Crippen LogP contribution is 2.49. The molecule has 0 heterocycles. The van der Waals surface area contributed by atoms with Crippen molar-refractivity contribution in [3.05, 3.63) is 35.4 Å². The molecule has 3 atom stereocenters. The first-order chi connectivity index (χ1) is 10.6. The molecule has 0 spiro atoms. The molecule has 1 aromatic rings. The van der Waals surface area contributed by atoms with Crippen LogP contribution in [0.3, 0.4) is 0 Å². The summed E-state index contributed by atoms with van der Waals surface area (Å²) in [6.45, 7) is 0.764. The number of carboxylic acids is 1. The van der Waals surface area contributed by atoms with Crippen molar-refractivity contribution in [2.45, 2.75) is 38.5 Å². The summed E-state index contributed by atoms with van der Waals surface area (Å²) in [6, 6.07) is 6.50. The molecule has 4 heteroatoms. The highest BCUT2D eigenvalue weighted by molar-refractivity contribution is 5.87. The van der Waals surface area contributed by atoms with Gasteiger partial charge in [0, 0.05) is 6.54 Å². The fraction of sp³-hybridized carbons (Fsp3) is 0.556. The normalized spacial score (nSPS) is 26.1. The van der Waals surface area contributed by atoms with Crippen LogP contribution in [0.25, 0.3) is 0 Å². The number of hydrogen-bond donors (Lipinski definition) is 2. The number of carbonyl (C=O) groups excluding carboxylic acids is 1. The first-order valence-electron chi connectivity index (χ1n) is 8.20. The number of hydrogen-bond acceptors (Lipinski definition) is 2. The molecule has 3 rings (SSSR count). The second kappa shape index (κ2) is 6.51. The lowest BCUT2D eigenvalue weighted by molar-refractivity contribution is -0.120. The van der Waals surface area contributed by atoms with Gasteiger partial charge in [0.15, 0.2) is 0 Å². The zero-order valence-electron chi connectivity index (χ0n) is 12.8. The predicted molar refractivity (Wildman–Crippen MR) is 83.7 cm³/mol. The SMILES string of the molecule is O=C(Cc1ccc(C(=O)O)cc1)NCCC1CC2CCC1C2. The van der Waals surface area contributed by atoms with Gasteiger partial charge in [-0.3, -0.25) is 4.79 Å². The van der Waals surface area contributed by atoms with Crippen LogP contribution in [0.4, 0.5) is 0 Å². The zero-order valence-corrected chi connectivity index (χ0v) is 12.8. The smallest absolute Gasteiger partial charge is 0.335 e. The molecule has 118 valence electrons. The molecule has 22 heavy (non-hydrogen) atoms. The fourth-order valence-corrected chi connectivity index (χ4v) is 4.14. The molecule has 2 fully saturated rings. The third-order valence-corrected chi connectivity index (χ3v) is 5.29. The third kappa shape index (κ3) is 3.49. The first kappa shape index (κ1) is 15.1. The van der Waals surface area contributed by atoms with Gasteiger partial charge in [-0.05, 0) is 61.1 Å². The third-order valence-electron chi connectivity index (χ3n) is 5.29. The summed E-state index contributed by atoms with van der Waals surface area (Å²) in [4.78, 5) is 22.7. The number of benzene rings is 1. The molecule has 2 aliphatic carbocycles. The Kier molecular flexibility index (Phi) is 4.46. The van der Waals surface area contributed by atoms with Gasteiger partial charge in [0.05, 0.1) is 12.0 Å². The summed E-state index contributed by atoms with van der Waals surface area (Å²) >= 11 is 0. The molecule has 2 aliphatic rings. The molecular weight excluding hydrogens is 278 g/mol. The van der Waals surface area contributed by atoms with E-state index in [1.54, 1.807) is 24.3 Å². The Bertz CT molecular complexity index is 552. The standard InChI is InChI=1S/C18H23NO3/c20-17(11-12-1-4-14(5-2-12)18(21)22)19-8-7-16-10-13-3-6-15(16)9-13/h1-2,4-5,13,15-16H,3,6-11H2,(H,19,20)(H,21,22). The number of rotatable bonds is 6. The molecule has 0 aromatic heterocycles. The number of carboxylic acid groups (broad SMARTS) is 1. The fourth-order valence-electron chi connectivity index (χ4n) is 4.14. The molecule has 1 amide bonds. The van der Waals surface area contributed by atoms with Crippen molar-refractivity contribution in [1.29, 1.82) is 0 Å². The van der Waals surface area contributed by atoms with Crippen molar-refractivity contribution >= 4 is 11.9 Å². The molecule has 0 radical (unpaired) electrons.